The topological polar surface area (TPSA) is 176 Å². The first kappa shape index (κ1) is 34.0. The Bertz CT molecular complexity index is 1830. The molecule has 0 spiro atoms. The highest BCUT2D eigenvalue weighted by molar-refractivity contribution is 7.92. The van der Waals surface area contributed by atoms with E-state index in [9.17, 15) is 32.4 Å². The van der Waals surface area contributed by atoms with Crippen molar-refractivity contribution < 1.29 is 46.6 Å². The van der Waals surface area contributed by atoms with Gasteiger partial charge in [-0.2, -0.15) is 4.99 Å². The number of aromatic nitrogens is 1. The van der Waals surface area contributed by atoms with Crippen molar-refractivity contribution in [2.45, 2.75) is 46.6 Å². The molecule has 2 heterocycles. The van der Waals surface area contributed by atoms with E-state index in [-0.39, 0.29) is 40.7 Å². The lowest BCUT2D eigenvalue weighted by Gasteiger charge is -2.18. The number of benzene rings is 1. The highest BCUT2D eigenvalue weighted by Gasteiger charge is 2.30. The predicted molar refractivity (Wildman–Crippen MR) is 167 cm³/mol. The minimum absolute atomic E-state index is 0.00203. The molecular weight excluding hydrogens is 647 g/mol. The quantitative estimate of drug-likeness (QED) is 0.234. The van der Waals surface area contributed by atoms with Gasteiger partial charge in [0.2, 0.25) is 5.91 Å². The average Bonchev–Trinajstić information content (AvgIpc) is 3.47. The number of sulfone groups is 1. The van der Waals surface area contributed by atoms with E-state index in [1.165, 1.54) is 35.1 Å². The maximum absolute atomic E-state index is 12.9. The fourth-order valence-electron chi connectivity index (χ4n) is 4.89. The van der Waals surface area contributed by atoms with Gasteiger partial charge in [-0.15, -0.1) is 11.3 Å². The molecule has 1 aromatic carbocycles. The van der Waals surface area contributed by atoms with Gasteiger partial charge >= 0.3 is 17.9 Å². The number of amides is 2. The molecule has 4 rings (SSSR count). The van der Waals surface area contributed by atoms with Gasteiger partial charge in [-0.25, -0.2) is 18.0 Å². The first-order chi connectivity index (χ1) is 21.3. The molecule has 0 saturated heterocycles. The molecule has 242 valence electrons. The molecule has 0 fully saturated rings. The van der Waals surface area contributed by atoms with Crippen LogP contribution in [0.4, 0.5) is 5.00 Å². The second kappa shape index (κ2) is 14.5. The summed E-state index contributed by atoms with van der Waals surface area (Å²) in [5.41, 5.74) is 1.74. The van der Waals surface area contributed by atoms with Gasteiger partial charge in [-0.1, -0.05) is 18.3 Å². The third-order valence-corrected chi connectivity index (χ3v) is 10.5. The van der Waals surface area contributed by atoms with E-state index >= 15 is 0 Å². The van der Waals surface area contributed by atoms with E-state index in [1.807, 2.05) is 0 Å². The summed E-state index contributed by atoms with van der Waals surface area (Å²) in [5, 5.41) is 2.77. The third-order valence-electron chi connectivity index (χ3n) is 6.86. The SMILES string of the molecule is CCOC(=O)Cn1c(=NC(=O)CS(=O)(=O)CC(=O)Nc2sc3c(c2C(=O)OCC)CCC(C)C3)sc2cc(C(=O)OC)ccc21. The number of rotatable bonds is 11. The van der Waals surface area contributed by atoms with Gasteiger partial charge < -0.3 is 24.1 Å². The maximum atomic E-state index is 12.9. The normalized spacial score (nSPS) is 14.9. The zero-order valence-electron chi connectivity index (χ0n) is 25.2. The number of methoxy groups -OCH3 is 1. The molecule has 1 unspecified atom stereocenters. The zero-order chi connectivity index (χ0) is 32.9. The largest absolute Gasteiger partial charge is 0.465 e. The van der Waals surface area contributed by atoms with Crippen LogP contribution in [0.15, 0.2) is 23.2 Å². The number of anilines is 1. The molecule has 16 heteroatoms. The first-order valence-corrected chi connectivity index (χ1v) is 17.6. The van der Waals surface area contributed by atoms with Crippen LogP contribution in [0.5, 0.6) is 0 Å². The minimum atomic E-state index is -4.29. The molecule has 3 aromatic rings. The minimum Gasteiger partial charge on any atom is -0.465 e. The van der Waals surface area contributed by atoms with Crippen LogP contribution in [0, 0.1) is 5.92 Å². The maximum Gasteiger partial charge on any atom is 0.341 e. The lowest BCUT2D eigenvalue weighted by atomic mass is 9.88. The molecule has 0 radical (unpaired) electrons. The lowest BCUT2D eigenvalue weighted by Crippen LogP contribution is -2.29. The number of hydrogen-bond acceptors (Lipinski definition) is 12. The highest BCUT2D eigenvalue weighted by Crippen LogP contribution is 2.40. The Labute approximate surface area is 267 Å². The molecule has 2 aromatic heterocycles. The van der Waals surface area contributed by atoms with E-state index in [0.29, 0.717) is 22.6 Å². The number of fused-ring (bicyclic) bond motifs is 2. The van der Waals surface area contributed by atoms with Crippen molar-refractivity contribution in [1.82, 2.24) is 4.57 Å². The molecule has 0 aliphatic heterocycles. The number of esters is 3. The number of thiophene rings is 1. The number of nitrogens with zero attached hydrogens (tertiary/aromatic N) is 2. The van der Waals surface area contributed by atoms with Crippen molar-refractivity contribution in [1.29, 1.82) is 0 Å². The van der Waals surface area contributed by atoms with Crippen molar-refractivity contribution in [2.75, 3.05) is 37.1 Å². The Morgan fingerprint density at radius 2 is 1.78 bits per heavy atom. The summed E-state index contributed by atoms with van der Waals surface area (Å²) in [6.45, 7) is 5.34. The molecule has 0 bridgehead atoms. The molecule has 1 atom stereocenters. The van der Waals surface area contributed by atoms with Crippen LogP contribution in [0.25, 0.3) is 10.2 Å². The smallest absolute Gasteiger partial charge is 0.341 e. The van der Waals surface area contributed by atoms with Crippen LogP contribution in [-0.4, -0.2) is 74.5 Å². The van der Waals surface area contributed by atoms with Crippen molar-refractivity contribution in [3.8, 4) is 0 Å². The van der Waals surface area contributed by atoms with Crippen LogP contribution in [-0.2, 0) is 57.8 Å². The van der Waals surface area contributed by atoms with Crippen molar-refractivity contribution in [3.05, 3.63) is 44.6 Å². The van der Waals surface area contributed by atoms with Crippen LogP contribution < -0.4 is 10.1 Å². The molecule has 1 aliphatic carbocycles. The molecule has 45 heavy (non-hydrogen) atoms. The van der Waals surface area contributed by atoms with E-state index in [4.69, 9.17) is 14.2 Å². The predicted octanol–water partition coefficient (Wildman–Crippen LogP) is 2.90. The second-order valence-corrected chi connectivity index (χ2v) is 14.5. The van der Waals surface area contributed by atoms with Gasteiger partial charge in [0.05, 0.1) is 41.7 Å². The van der Waals surface area contributed by atoms with Crippen molar-refractivity contribution in [3.63, 3.8) is 0 Å². The number of thiazole rings is 1. The summed E-state index contributed by atoms with van der Waals surface area (Å²) in [6, 6.07) is 4.54. The Kier molecular flexibility index (Phi) is 10.9. The molecular formula is C29H33N3O10S3. The van der Waals surface area contributed by atoms with Gasteiger partial charge in [0.1, 0.15) is 23.1 Å². The van der Waals surface area contributed by atoms with E-state index < -0.39 is 51.1 Å². The Hall–Kier alpha value is -3.89. The summed E-state index contributed by atoms with van der Waals surface area (Å²) in [7, 11) is -3.06. The first-order valence-electron chi connectivity index (χ1n) is 14.1. The Morgan fingerprint density at radius 1 is 1.04 bits per heavy atom. The van der Waals surface area contributed by atoms with Gasteiger partial charge in [0, 0.05) is 4.88 Å². The van der Waals surface area contributed by atoms with E-state index in [2.05, 4.69) is 17.2 Å². The van der Waals surface area contributed by atoms with Crippen LogP contribution in [0.1, 0.15) is 58.3 Å². The molecule has 2 amide bonds. The fraction of sp³-hybridized carbons (Fsp3) is 0.448. The summed E-state index contributed by atoms with van der Waals surface area (Å²) >= 11 is 2.19. The molecule has 1 N–H and O–H groups in total. The van der Waals surface area contributed by atoms with Crippen molar-refractivity contribution >= 4 is 77.5 Å². The number of carbonyl (C=O) groups excluding carboxylic acids is 5. The number of carbonyl (C=O) groups is 5. The second-order valence-electron chi connectivity index (χ2n) is 10.3. The zero-order valence-corrected chi connectivity index (χ0v) is 27.6. The van der Waals surface area contributed by atoms with Crippen LogP contribution >= 0.6 is 22.7 Å². The molecule has 0 saturated carbocycles. The number of ether oxygens (including phenoxy) is 3. The summed E-state index contributed by atoms with van der Waals surface area (Å²) in [6.07, 6.45) is 2.24. The Morgan fingerprint density at radius 3 is 2.47 bits per heavy atom. The number of hydrogen-bond donors (Lipinski definition) is 1. The van der Waals surface area contributed by atoms with Crippen molar-refractivity contribution in [2.24, 2.45) is 10.9 Å². The van der Waals surface area contributed by atoms with E-state index in [1.54, 1.807) is 19.9 Å². The van der Waals surface area contributed by atoms with Gasteiger partial charge in [0.25, 0.3) is 5.91 Å². The van der Waals surface area contributed by atoms with Gasteiger partial charge in [-0.05, 0) is 62.8 Å². The Balaban J connectivity index is 1.56. The molecule has 1 aliphatic rings. The summed E-state index contributed by atoms with van der Waals surface area (Å²) in [4.78, 5) is 67.7. The third kappa shape index (κ3) is 8.23. The monoisotopic (exact) mass is 679 g/mol. The fourth-order valence-corrected chi connectivity index (χ4v) is 8.41. The summed E-state index contributed by atoms with van der Waals surface area (Å²) in [5.74, 6) is -5.46. The van der Waals surface area contributed by atoms with E-state index in [0.717, 1.165) is 34.6 Å². The lowest BCUT2D eigenvalue weighted by molar-refractivity contribution is -0.143. The standard InChI is InChI=1S/C29H33N3O10S3/c1-5-41-24(35)13-32-19-10-8-17(27(36)40-4)12-21(19)44-29(32)31-23(34)15-45(38,39)14-22(33)30-26-25(28(37)42-6-2)18-9-7-16(3)11-20(18)43-26/h8,10,12,16H,5-7,9,11,13-15H2,1-4H3,(H,30,33). The van der Waals surface area contributed by atoms with Gasteiger partial charge in [0.15, 0.2) is 14.6 Å². The molecule has 13 nitrogen and oxygen atoms in total. The number of nitrogens with one attached hydrogen (secondary N) is 1. The summed E-state index contributed by atoms with van der Waals surface area (Å²) < 4.78 is 42.6. The van der Waals surface area contributed by atoms with Gasteiger partial charge in [-0.3, -0.25) is 14.4 Å². The van der Waals surface area contributed by atoms with Crippen LogP contribution in [0.3, 0.4) is 0 Å². The average molecular weight is 680 g/mol. The van der Waals surface area contributed by atoms with Crippen LogP contribution in [0.2, 0.25) is 0 Å². The highest BCUT2D eigenvalue weighted by atomic mass is 32.2.